The van der Waals surface area contributed by atoms with Gasteiger partial charge >= 0.3 is 0 Å². The van der Waals surface area contributed by atoms with Crippen LogP contribution >= 0.6 is 0 Å². The Morgan fingerprint density at radius 1 is 0.857 bits per heavy atom. The first-order valence-corrected chi connectivity index (χ1v) is 9.18. The van der Waals surface area contributed by atoms with Crippen LogP contribution in [0, 0.1) is 0 Å². The average Bonchev–Trinajstić information content (AvgIpc) is 2.99. The second kappa shape index (κ2) is 8.00. The highest BCUT2D eigenvalue weighted by Crippen LogP contribution is 2.23. The number of ether oxygens (including phenoxy) is 1. The molecule has 6 heteroatoms. The van der Waals surface area contributed by atoms with Gasteiger partial charge in [-0.25, -0.2) is 9.97 Å². The summed E-state index contributed by atoms with van der Waals surface area (Å²) in [6.45, 7) is 0.929. The van der Waals surface area contributed by atoms with Crippen molar-refractivity contribution in [2.75, 3.05) is 13.2 Å². The molecular weight excluding hydrogens is 354 g/mol. The lowest BCUT2D eigenvalue weighted by Gasteiger charge is -2.13. The summed E-state index contributed by atoms with van der Waals surface area (Å²) in [5.74, 6) is 0.363. The Balaban J connectivity index is 1.24. The molecule has 2 aromatic carbocycles. The van der Waals surface area contributed by atoms with Crippen LogP contribution in [0.2, 0.25) is 0 Å². The van der Waals surface area contributed by atoms with Gasteiger partial charge in [0.1, 0.15) is 12.1 Å². The highest BCUT2D eigenvalue weighted by atomic mass is 16.5. The number of carbonyl (C=O) groups excluding carboxylic acids is 2. The predicted molar refractivity (Wildman–Crippen MR) is 104 cm³/mol. The molecular formula is C22H19N3O3. The zero-order valence-electron chi connectivity index (χ0n) is 15.2. The van der Waals surface area contributed by atoms with E-state index in [0.717, 1.165) is 23.4 Å². The Bertz CT molecular complexity index is 952. The first kappa shape index (κ1) is 17.9. The fourth-order valence-corrected chi connectivity index (χ4v) is 3.19. The highest BCUT2D eigenvalue weighted by molar-refractivity contribution is 6.21. The molecule has 2 amide bonds. The Morgan fingerprint density at radius 2 is 1.57 bits per heavy atom. The van der Waals surface area contributed by atoms with Gasteiger partial charge in [0.2, 0.25) is 0 Å². The SMILES string of the molecule is O=C1c2ccccc2C(=O)N1CCCCOc1ccc(-c2ccncn2)cc1. The molecule has 1 aliphatic heterocycles. The fraction of sp³-hybridized carbons (Fsp3) is 0.182. The summed E-state index contributed by atoms with van der Waals surface area (Å²) >= 11 is 0. The molecule has 0 fully saturated rings. The molecule has 140 valence electrons. The van der Waals surface area contributed by atoms with Gasteiger partial charge in [-0.3, -0.25) is 14.5 Å². The van der Waals surface area contributed by atoms with Crippen LogP contribution in [0.5, 0.6) is 5.75 Å². The van der Waals surface area contributed by atoms with E-state index in [1.54, 1.807) is 30.5 Å². The molecule has 0 unspecified atom stereocenters. The van der Waals surface area contributed by atoms with E-state index in [1.807, 2.05) is 30.3 Å². The van der Waals surface area contributed by atoms with Gasteiger partial charge in [0, 0.05) is 18.3 Å². The smallest absolute Gasteiger partial charge is 0.261 e. The molecule has 0 atom stereocenters. The van der Waals surface area contributed by atoms with Crippen molar-refractivity contribution >= 4 is 11.8 Å². The normalized spacial score (nSPS) is 12.9. The molecule has 0 saturated carbocycles. The molecule has 28 heavy (non-hydrogen) atoms. The van der Waals surface area contributed by atoms with Crippen LogP contribution in [0.15, 0.2) is 67.1 Å². The quantitative estimate of drug-likeness (QED) is 0.467. The summed E-state index contributed by atoms with van der Waals surface area (Å²) in [5.41, 5.74) is 2.85. The zero-order chi connectivity index (χ0) is 19.3. The van der Waals surface area contributed by atoms with Crippen LogP contribution in [-0.4, -0.2) is 39.8 Å². The molecule has 3 aromatic rings. The maximum Gasteiger partial charge on any atom is 0.261 e. The molecule has 0 aliphatic carbocycles. The van der Waals surface area contributed by atoms with Gasteiger partial charge in [-0.15, -0.1) is 0 Å². The van der Waals surface area contributed by atoms with Crippen LogP contribution in [0.3, 0.4) is 0 Å². The van der Waals surface area contributed by atoms with E-state index in [0.29, 0.717) is 30.7 Å². The van der Waals surface area contributed by atoms with E-state index in [2.05, 4.69) is 9.97 Å². The van der Waals surface area contributed by atoms with E-state index in [9.17, 15) is 9.59 Å². The molecule has 6 nitrogen and oxygen atoms in total. The van der Waals surface area contributed by atoms with E-state index >= 15 is 0 Å². The van der Waals surface area contributed by atoms with Gasteiger partial charge in [0.15, 0.2) is 0 Å². The van der Waals surface area contributed by atoms with Gasteiger partial charge < -0.3 is 4.74 Å². The van der Waals surface area contributed by atoms with Gasteiger partial charge in [-0.05, 0) is 55.3 Å². The molecule has 0 N–H and O–H groups in total. The van der Waals surface area contributed by atoms with E-state index < -0.39 is 0 Å². The van der Waals surface area contributed by atoms with Gasteiger partial charge in [-0.2, -0.15) is 0 Å². The second-order valence-electron chi connectivity index (χ2n) is 6.48. The molecule has 2 heterocycles. The number of benzene rings is 2. The number of hydrogen-bond acceptors (Lipinski definition) is 5. The second-order valence-corrected chi connectivity index (χ2v) is 6.48. The maximum atomic E-state index is 12.3. The molecule has 1 aliphatic rings. The van der Waals surface area contributed by atoms with Crippen LogP contribution in [0.25, 0.3) is 11.3 Å². The molecule has 4 rings (SSSR count). The first-order chi connectivity index (χ1) is 13.7. The largest absolute Gasteiger partial charge is 0.494 e. The summed E-state index contributed by atoms with van der Waals surface area (Å²) in [6, 6.07) is 16.5. The third-order valence-electron chi connectivity index (χ3n) is 4.66. The number of fused-ring (bicyclic) bond motifs is 1. The zero-order valence-corrected chi connectivity index (χ0v) is 15.2. The van der Waals surface area contributed by atoms with Crippen LogP contribution in [0.1, 0.15) is 33.6 Å². The monoisotopic (exact) mass is 373 g/mol. The van der Waals surface area contributed by atoms with Crippen molar-refractivity contribution in [3.05, 3.63) is 78.2 Å². The average molecular weight is 373 g/mol. The van der Waals surface area contributed by atoms with Crippen molar-refractivity contribution in [1.29, 1.82) is 0 Å². The highest BCUT2D eigenvalue weighted by Gasteiger charge is 2.34. The number of nitrogens with zero attached hydrogens (tertiary/aromatic N) is 3. The van der Waals surface area contributed by atoms with Crippen molar-refractivity contribution in [3.8, 4) is 17.0 Å². The van der Waals surface area contributed by atoms with Crippen molar-refractivity contribution in [2.24, 2.45) is 0 Å². The molecule has 0 saturated heterocycles. The van der Waals surface area contributed by atoms with Crippen molar-refractivity contribution in [1.82, 2.24) is 14.9 Å². The van der Waals surface area contributed by atoms with Crippen LogP contribution in [-0.2, 0) is 0 Å². The number of imide groups is 1. The summed E-state index contributed by atoms with van der Waals surface area (Å²) in [7, 11) is 0. The van der Waals surface area contributed by atoms with Gasteiger partial charge in [0.05, 0.1) is 23.4 Å². The van der Waals surface area contributed by atoms with Crippen LogP contribution in [0.4, 0.5) is 0 Å². The Hall–Kier alpha value is -3.54. The van der Waals surface area contributed by atoms with Crippen LogP contribution < -0.4 is 4.74 Å². The lowest BCUT2D eigenvalue weighted by Crippen LogP contribution is -2.30. The number of carbonyl (C=O) groups is 2. The number of amides is 2. The predicted octanol–water partition coefficient (Wildman–Crippen LogP) is 3.60. The number of hydrogen-bond donors (Lipinski definition) is 0. The number of unbranched alkanes of at least 4 members (excludes halogenated alkanes) is 1. The third kappa shape index (κ3) is 3.62. The Morgan fingerprint density at radius 3 is 2.21 bits per heavy atom. The Labute approximate surface area is 162 Å². The molecule has 1 aromatic heterocycles. The topological polar surface area (TPSA) is 72.4 Å². The fourth-order valence-electron chi connectivity index (χ4n) is 3.19. The summed E-state index contributed by atoms with van der Waals surface area (Å²) in [4.78, 5) is 34.1. The number of rotatable bonds is 7. The summed E-state index contributed by atoms with van der Waals surface area (Å²) < 4.78 is 5.76. The van der Waals surface area contributed by atoms with E-state index in [-0.39, 0.29) is 11.8 Å². The van der Waals surface area contributed by atoms with Crippen molar-refractivity contribution < 1.29 is 14.3 Å². The molecule has 0 bridgehead atoms. The first-order valence-electron chi connectivity index (χ1n) is 9.18. The minimum atomic E-state index is -0.207. The lowest BCUT2D eigenvalue weighted by molar-refractivity contribution is 0.0649. The van der Waals surface area contributed by atoms with Gasteiger partial charge in [-0.1, -0.05) is 12.1 Å². The number of aromatic nitrogens is 2. The van der Waals surface area contributed by atoms with Crippen molar-refractivity contribution in [2.45, 2.75) is 12.8 Å². The minimum absolute atomic E-state index is 0.207. The lowest BCUT2D eigenvalue weighted by atomic mass is 10.1. The van der Waals surface area contributed by atoms with E-state index in [4.69, 9.17) is 4.74 Å². The van der Waals surface area contributed by atoms with Gasteiger partial charge in [0.25, 0.3) is 11.8 Å². The third-order valence-corrected chi connectivity index (χ3v) is 4.66. The maximum absolute atomic E-state index is 12.3. The van der Waals surface area contributed by atoms with E-state index in [1.165, 1.54) is 11.2 Å². The summed E-state index contributed by atoms with van der Waals surface area (Å²) in [5, 5.41) is 0. The standard InChI is InChI=1S/C22H19N3O3/c26-21-18-5-1-2-6-19(18)22(27)25(21)13-3-4-14-28-17-9-7-16(8-10-17)20-11-12-23-15-24-20/h1-2,5-12,15H,3-4,13-14H2. The summed E-state index contributed by atoms with van der Waals surface area (Å²) in [6.07, 6.45) is 4.68. The minimum Gasteiger partial charge on any atom is -0.494 e. The Kier molecular flexibility index (Phi) is 5.10. The molecule has 0 radical (unpaired) electrons. The van der Waals surface area contributed by atoms with Crippen molar-refractivity contribution in [3.63, 3.8) is 0 Å². The molecule has 0 spiro atoms.